The molecule has 4 aromatic rings. The molecule has 0 spiro atoms. The quantitative estimate of drug-likeness (QED) is 0.184. The molecule has 1 aliphatic heterocycles. The van der Waals surface area contributed by atoms with E-state index in [2.05, 4.69) is 10.6 Å². The van der Waals surface area contributed by atoms with Crippen LogP contribution in [0.3, 0.4) is 0 Å². The van der Waals surface area contributed by atoms with Gasteiger partial charge >= 0.3 is 6.03 Å². The fourth-order valence-electron chi connectivity index (χ4n) is 4.31. The van der Waals surface area contributed by atoms with Crippen molar-refractivity contribution >= 4 is 52.8 Å². The largest absolute Gasteiger partial charge is 0.489 e. The molecule has 43 heavy (non-hydrogen) atoms. The van der Waals surface area contributed by atoms with E-state index < -0.39 is 23.8 Å². The second-order valence-corrected chi connectivity index (χ2v) is 10.1. The highest BCUT2D eigenvalue weighted by atomic mass is 35.5. The summed E-state index contributed by atoms with van der Waals surface area (Å²) in [4.78, 5) is 52.3. The van der Waals surface area contributed by atoms with Gasteiger partial charge in [-0.2, -0.15) is 0 Å². The van der Waals surface area contributed by atoms with Crippen molar-refractivity contribution in [3.8, 4) is 11.5 Å². The monoisotopic (exact) mass is 595 g/mol. The Morgan fingerprint density at radius 3 is 2.42 bits per heavy atom. The number of carbonyl (C=O) groups excluding carboxylic acids is 4. The van der Waals surface area contributed by atoms with Gasteiger partial charge in [-0.1, -0.05) is 54.1 Å². The van der Waals surface area contributed by atoms with Crippen LogP contribution in [0.1, 0.15) is 16.7 Å². The van der Waals surface area contributed by atoms with E-state index in [0.717, 1.165) is 16.0 Å². The highest BCUT2D eigenvalue weighted by molar-refractivity contribution is 6.39. The number of urea groups is 1. The van der Waals surface area contributed by atoms with Gasteiger partial charge in [-0.25, -0.2) is 9.69 Å². The van der Waals surface area contributed by atoms with Crippen LogP contribution in [0.4, 0.5) is 16.2 Å². The summed E-state index contributed by atoms with van der Waals surface area (Å²) >= 11 is 6.19. The molecule has 0 radical (unpaired) electrons. The van der Waals surface area contributed by atoms with Crippen LogP contribution in [0.2, 0.25) is 5.02 Å². The Bertz CT molecular complexity index is 1720. The summed E-state index contributed by atoms with van der Waals surface area (Å²) in [7, 11) is 0. The topological polar surface area (TPSA) is 114 Å². The molecule has 0 bridgehead atoms. The molecule has 0 atom stereocenters. The van der Waals surface area contributed by atoms with Crippen LogP contribution in [0.5, 0.6) is 11.5 Å². The van der Waals surface area contributed by atoms with Crippen molar-refractivity contribution in [2.24, 2.45) is 0 Å². The van der Waals surface area contributed by atoms with Crippen molar-refractivity contribution < 1.29 is 28.7 Å². The van der Waals surface area contributed by atoms with E-state index >= 15 is 0 Å². The molecule has 10 heteroatoms. The summed E-state index contributed by atoms with van der Waals surface area (Å²) in [6.45, 7) is 1.92. The first-order valence-corrected chi connectivity index (χ1v) is 13.6. The lowest BCUT2D eigenvalue weighted by Gasteiger charge is -2.26. The van der Waals surface area contributed by atoms with Crippen molar-refractivity contribution in [1.82, 2.24) is 5.32 Å². The summed E-state index contributed by atoms with van der Waals surface area (Å²) in [5, 5.41) is 5.26. The lowest BCUT2D eigenvalue weighted by atomic mass is 10.1. The predicted octanol–water partition coefficient (Wildman–Crippen LogP) is 5.91. The van der Waals surface area contributed by atoms with E-state index in [1.165, 1.54) is 18.2 Å². The molecule has 0 aromatic heterocycles. The van der Waals surface area contributed by atoms with Gasteiger partial charge < -0.3 is 14.8 Å². The number of benzene rings is 4. The van der Waals surface area contributed by atoms with Crippen molar-refractivity contribution in [1.29, 1.82) is 0 Å². The first kappa shape index (κ1) is 29.1. The van der Waals surface area contributed by atoms with Gasteiger partial charge in [-0.15, -0.1) is 0 Å². The number of imide groups is 2. The van der Waals surface area contributed by atoms with Crippen molar-refractivity contribution in [3.05, 3.63) is 124 Å². The number of aryl methyl sites for hydroxylation is 1. The Balaban J connectivity index is 1.32. The summed E-state index contributed by atoms with van der Waals surface area (Å²) in [6, 6.07) is 27.0. The average Bonchev–Trinajstić information content (AvgIpc) is 2.99. The van der Waals surface area contributed by atoms with Gasteiger partial charge in [-0.3, -0.25) is 19.7 Å². The zero-order chi connectivity index (χ0) is 30.3. The maximum Gasteiger partial charge on any atom is 0.335 e. The molecule has 5 amide bonds. The minimum absolute atomic E-state index is 0.209. The SMILES string of the molecule is Cc1cccc(NC(=O)COc2ccc(Cl)cc2/C=C2\C(=O)NC(=O)N(c3ccc(OCc4ccccc4)cc3)C2=O)c1. The second kappa shape index (κ2) is 13.1. The van der Waals surface area contributed by atoms with Crippen LogP contribution in [0.25, 0.3) is 6.08 Å². The molecule has 0 saturated carbocycles. The molecule has 216 valence electrons. The molecule has 1 heterocycles. The molecular formula is C33H26ClN3O6. The van der Waals surface area contributed by atoms with Crippen LogP contribution in [-0.4, -0.2) is 30.4 Å². The molecule has 0 aliphatic carbocycles. The highest BCUT2D eigenvalue weighted by Crippen LogP contribution is 2.29. The zero-order valence-corrected chi connectivity index (χ0v) is 23.8. The van der Waals surface area contributed by atoms with E-state index in [-0.39, 0.29) is 29.2 Å². The van der Waals surface area contributed by atoms with Crippen molar-refractivity contribution in [2.45, 2.75) is 13.5 Å². The summed E-state index contributed by atoms with van der Waals surface area (Å²) < 4.78 is 11.5. The third kappa shape index (κ3) is 7.27. The number of nitrogens with zero attached hydrogens (tertiary/aromatic N) is 1. The summed E-state index contributed by atoms with van der Waals surface area (Å²) in [6.07, 6.45) is 1.27. The molecule has 1 fully saturated rings. The van der Waals surface area contributed by atoms with Gasteiger partial charge in [0.15, 0.2) is 6.61 Å². The van der Waals surface area contributed by atoms with Crippen LogP contribution < -0.4 is 25.0 Å². The Labute approximate surface area is 252 Å². The molecule has 5 rings (SSSR count). The number of halogens is 1. The number of ether oxygens (including phenoxy) is 2. The number of carbonyl (C=O) groups is 4. The van der Waals surface area contributed by atoms with Crippen molar-refractivity contribution in [2.75, 3.05) is 16.8 Å². The predicted molar refractivity (Wildman–Crippen MR) is 163 cm³/mol. The van der Waals surface area contributed by atoms with Gasteiger partial charge in [0.1, 0.15) is 23.7 Å². The third-order valence-electron chi connectivity index (χ3n) is 6.38. The number of nitrogens with one attached hydrogen (secondary N) is 2. The number of rotatable bonds is 9. The molecule has 4 aromatic carbocycles. The zero-order valence-electron chi connectivity index (χ0n) is 23.0. The number of barbiturate groups is 1. The minimum Gasteiger partial charge on any atom is -0.489 e. The van der Waals surface area contributed by atoms with Gasteiger partial charge in [0.05, 0.1) is 5.69 Å². The maximum absolute atomic E-state index is 13.4. The summed E-state index contributed by atoms with van der Waals surface area (Å²) in [5.41, 5.74) is 2.79. The third-order valence-corrected chi connectivity index (χ3v) is 6.61. The smallest absolute Gasteiger partial charge is 0.335 e. The molecular weight excluding hydrogens is 570 g/mol. The lowest BCUT2D eigenvalue weighted by Crippen LogP contribution is -2.54. The van der Waals surface area contributed by atoms with Crippen LogP contribution in [0.15, 0.2) is 103 Å². The van der Waals surface area contributed by atoms with Gasteiger partial charge in [0, 0.05) is 16.3 Å². The first-order valence-electron chi connectivity index (χ1n) is 13.2. The number of anilines is 2. The Kier molecular flexibility index (Phi) is 8.83. The normalized spacial score (nSPS) is 14.0. The number of hydrogen-bond acceptors (Lipinski definition) is 6. The van der Waals surface area contributed by atoms with Crippen LogP contribution >= 0.6 is 11.6 Å². The molecule has 0 unspecified atom stereocenters. The van der Waals surface area contributed by atoms with E-state index in [0.29, 0.717) is 23.1 Å². The highest BCUT2D eigenvalue weighted by Gasteiger charge is 2.37. The summed E-state index contributed by atoms with van der Waals surface area (Å²) in [5.74, 6) is -1.37. The fourth-order valence-corrected chi connectivity index (χ4v) is 4.49. The first-order chi connectivity index (χ1) is 20.8. The Morgan fingerprint density at radius 2 is 1.67 bits per heavy atom. The average molecular weight is 596 g/mol. The van der Waals surface area contributed by atoms with E-state index in [9.17, 15) is 19.2 Å². The van der Waals surface area contributed by atoms with E-state index in [1.54, 1.807) is 36.4 Å². The fraction of sp³-hybridized carbons (Fsp3) is 0.0909. The second-order valence-electron chi connectivity index (χ2n) is 9.61. The van der Waals surface area contributed by atoms with Crippen LogP contribution in [0, 0.1) is 6.92 Å². The van der Waals surface area contributed by atoms with Gasteiger partial charge in [-0.05, 0) is 78.7 Å². The molecule has 1 aliphatic rings. The minimum atomic E-state index is -0.888. The number of amides is 5. The van der Waals surface area contributed by atoms with E-state index in [1.807, 2.05) is 55.5 Å². The Hall–Kier alpha value is -5.41. The van der Waals surface area contributed by atoms with Crippen LogP contribution in [-0.2, 0) is 21.0 Å². The Morgan fingerprint density at radius 1 is 0.907 bits per heavy atom. The van der Waals surface area contributed by atoms with Gasteiger partial charge in [0.2, 0.25) is 0 Å². The lowest BCUT2D eigenvalue weighted by molar-refractivity contribution is -0.122. The number of hydrogen-bond donors (Lipinski definition) is 2. The van der Waals surface area contributed by atoms with E-state index in [4.69, 9.17) is 21.1 Å². The molecule has 1 saturated heterocycles. The standard InChI is InChI=1S/C33H26ClN3O6/c1-21-6-5-9-25(16-21)35-30(38)20-43-29-15-10-24(34)17-23(29)18-28-31(39)36-33(41)37(32(28)40)26-11-13-27(14-12-26)42-19-22-7-3-2-4-8-22/h2-18H,19-20H2,1H3,(H,35,38)(H,36,39,41)/b28-18+. The maximum atomic E-state index is 13.4. The molecule has 9 nitrogen and oxygen atoms in total. The van der Waals surface area contributed by atoms with Crippen molar-refractivity contribution in [3.63, 3.8) is 0 Å². The molecule has 2 N–H and O–H groups in total. The van der Waals surface area contributed by atoms with Gasteiger partial charge in [0.25, 0.3) is 17.7 Å².